The summed E-state index contributed by atoms with van der Waals surface area (Å²) in [6.07, 6.45) is -2.93. The van der Waals surface area contributed by atoms with E-state index >= 15 is 0 Å². The molecule has 79 heavy (non-hydrogen) atoms. The number of benzene rings is 1. The maximum absolute atomic E-state index is 14.4. The van der Waals surface area contributed by atoms with Gasteiger partial charge in [0.05, 0.1) is 6.04 Å². The number of carboxylic acids is 4. The average Bonchev–Trinajstić information content (AvgIpc) is 4.09. The molecule has 0 aromatic heterocycles. The first-order chi connectivity index (χ1) is 37.1. The third-order valence-corrected chi connectivity index (χ3v) is 13.6. The number of aromatic hydroxyl groups is 1. The summed E-state index contributed by atoms with van der Waals surface area (Å²) < 4.78 is 0. The van der Waals surface area contributed by atoms with Crippen molar-refractivity contribution in [3.8, 4) is 5.75 Å². The Labute approximate surface area is 455 Å². The van der Waals surface area contributed by atoms with Crippen LogP contribution in [0.15, 0.2) is 24.3 Å². The maximum atomic E-state index is 14.4. The molecule has 0 saturated carbocycles. The standard InChI is InChI=1S/C51H76N10O18/c1-5-27(4)42(59-48(75)37-9-6-22-60(37)49(76)30(52)14-19-39(64)65)50(77)61-23-7-8-36(61)47(74)55-32(17-21-41(68)69)43(70)54-31(16-20-40(66)67)44(71)58-35(25-28-10-12-29(62)13-11-28)46(73)57-34(24-26(2)3)45(72)56-33(51(78)79)15-18-38(53)63/h10-13,26-27,30-37,42,62H,5-9,14-25,52H2,1-4H3,(H2,53,63)(H,54,70)(H,55,74)(H,56,72)(H,57,73)(H,58,71)(H,59,75)(H,64,65)(H,66,67)(H,68,69)(H,78,79). The highest BCUT2D eigenvalue weighted by Gasteiger charge is 2.43. The molecule has 0 aliphatic carbocycles. The first-order valence-corrected chi connectivity index (χ1v) is 26.3. The summed E-state index contributed by atoms with van der Waals surface area (Å²) in [5.41, 5.74) is 11.5. The van der Waals surface area contributed by atoms with Gasteiger partial charge < -0.3 is 78.7 Å². The molecule has 1 aromatic rings. The first kappa shape index (κ1) is 65.4. The van der Waals surface area contributed by atoms with Crippen molar-refractivity contribution in [2.24, 2.45) is 23.3 Å². The Bertz CT molecular complexity index is 2390. The van der Waals surface area contributed by atoms with Crippen LogP contribution in [-0.2, 0) is 68.7 Å². The molecule has 0 spiro atoms. The number of hydrogen-bond donors (Lipinski definition) is 13. The van der Waals surface area contributed by atoms with Crippen molar-refractivity contribution in [1.82, 2.24) is 41.7 Å². The van der Waals surface area contributed by atoms with Crippen molar-refractivity contribution < 1.29 is 87.9 Å². The second-order valence-corrected chi connectivity index (χ2v) is 20.3. The van der Waals surface area contributed by atoms with Gasteiger partial charge in [0, 0.05) is 45.2 Å². The number of carbonyl (C=O) groups excluding carboxylic acids is 9. The van der Waals surface area contributed by atoms with Crippen molar-refractivity contribution in [2.45, 2.75) is 178 Å². The third-order valence-electron chi connectivity index (χ3n) is 13.6. The molecule has 9 amide bonds. The molecular formula is C51H76N10O18. The summed E-state index contributed by atoms with van der Waals surface area (Å²) in [4.78, 5) is 172. The Morgan fingerprint density at radius 1 is 0.570 bits per heavy atom. The van der Waals surface area contributed by atoms with Crippen LogP contribution < -0.4 is 43.4 Å². The summed E-state index contributed by atoms with van der Waals surface area (Å²) in [6, 6.07) is -7.41. The zero-order valence-corrected chi connectivity index (χ0v) is 44.8. The van der Waals surface area contributed by atoms with Gasteiger partial charge in [0.1, 0.15) is 54.1 Å². The molecule has 1 aromatic carbocycles. The lowest BCUT2D eigenvalue weighted by atomic mass is 9.96. The Morgan fingerprint density at radius 3 is 1.49 bits per heavy atom. The number of carboxylic acid groups (broad SMARTS) is 4. The van der Waals surface area contributed by atoms with E-state index in [9.17, 15) is 82.8 Å². The molecule has 28 heteroatoms. The van der Waals surface area contributed by atoms with E-state index in [1.165, 1.54) is 34.1 Å². The number of carbonyl (C=O) groups is 13. The lowest BCUT2D eigenvalue weighted by Gasteiger charge is -2.33. The number of hydrogen-bond acceptors (Lipinski definition) is 15. The van der Waals surface area contributed by atoms with E-state index in [0.717, 1.165) is 0 Å². The number of primary amides is 1. The minimum Gasteiger partial charge on any atom is -0.508 e. The van der Waals surface area contributed by atoms with Gasteiger partial charge in [-0.15, -0.1) is 0 Å². The topological polar surface area (TPSA) is 454 Å². The predicted octanol–water partition coefficient (Wildman–Crippen LogP) is -1.81. The number of phenols is 1. The number of phenolic OH excluding ortho intramolecular Hbond substituents is 1. The lowest BCUT2D eigenvalue weighted by molar-refractivity contribution is -0.145. The maximum Gasteiger partial charge on any atom is 0.326 e. The van der Waals surface area contributed by atoms with Crippen molar-refractivity contribution in [3.63, 3.8) is 0 Å². The Hall–Kier alpha value is -7.91. The fourth-order valence-corrected chi connectivity index (χ4v) is 9.09. The zero-order valence-electron chi connectivity index (χ0n) is 44.8. The van der Waals surface area contributed by atoms with Crippen molar-refractivity contribution in [2.75, 3.05) is 13.1 Å². The molecular weight excluding hydrogens is 1040 g/mol. The van der Waals surface area contributed by atoms with Gasteiger partial charge in [-0.2, -0.15) is 0 Å². The molecule has 438 valence electrons. The number of rotatable bonds is 33. The van der Waals surface area contributed by atoms with Crippen LogP contribution in [0, 0.1) is 11.8 Å². The van der Waals surface area contributed by atoms with Crippen molar-refractivity contribution >= 4 is 77.0 Å². The molecule has 2 fully saturated rings. The fourth-order valence-electron chi connectivity index (χ4n) is 9.09. The average molecular weight is 1120 g/mol. The van der Waals surface area contributed by atoms with Crippen LogP contribution in [0.4, 0.5) is 0 Å². The number of aliphatic carboxylic acids is 4. The van der Waals surface area contributed by atoms with Crippen molar-refractivity contribution in [1.29, 1.82) is 0 Å². The van der Waals surface area contributed by atoms with Gasteiger partial charge in [-0.1, -0.05) is 46.2 Å². The van der Waals surface area contributed by atoms with Gasteiger partial charge in [-0.3, -0.25) is 57.5 Å². The quantitative estimate of drug-likeness (QED) is 0.0369. The summed E-state index contributed by atoms with van der Waals surface area (Å²) in [5.74, 6) is -14.4. The van der Waals surface area contributed by atoms with Crippen molar-refractivity contribution in [3.05, 3.63) is 29.8 Å². The van der Waals surface area contributed by atoms with Gasteiger partial charge in [-0.25, -0.2) is 4.79 Å². The third kappa shape index (κ3) is 21.1. The highest BCUT2D eigenvalue weighted by atomic mass is 16.4. The second-order valence-electron chi connectivity index (χ2n) is 20.3. The summed E-state index contributed by atoms with van der Waals surface area (Å²) in [7, 11) is 0. The summed E-state index contributed by atoms with van der Waals surface area (Å²) in [6.45, 7) is 7.05. The number of nitrogens with two attached hydrogens (primary N) is 2. The Balaban J connectivity index is 1.90. The van der Waals surface area contributed by atoms with Gasteiger partial charge in [0.25, 0.3) is 0 Å². The highest BCUT2D eigenvalue weighted by molar-refractivity contribution is 5.99. The van der Waals surface area contributed by atoms with Crippen LogP contribution in [0.3, 0.4) is 0 Å². The molecule has 15 N–H and O–H groups in total. The van der Waals surface area contributed by atoms with Gasteiger partial charge in [0.2, 0.25) is 53.2 Å². The minimum atomic E-state index is -1.78. The van der Waals surface area contributed by atoms with Gasteiger partial charge in [0.15, 0.2) is 0 Å². The zero-order chi connectivity index (χ0) is 59.3. The molecule has 2 heterocycles. The van der Waals surface area contributed by atoms with Gasteiger partial charge in [-0.05, 0) is 87.3 Å². The van der Waals surface area contributed by atoms with E-state index in [0.29, 0.717) is 18.4 Å². The first-order valence-electron chi connectivity index (χ1n) is 26.3. The second kappa shape index (κ2) is 31.5. The van der Waals surface area contributed by atoms with Crippen LogP contribution in [0.2, 0.25) is 0 Å². The number of nitrogens with zero attached hydrogens (tertiary/aromatic N) is 2. The van der Waals surface area contributed by atoms with E-state index in [1.54, 1.807) is 27.7 Å². The van der Waals surface area contributed by atoms with Crippen LogP contribution in [0.5, 0.6) is 5.75 Å². The van der Waals surface area contributed by atoms with E-state index < -0.39 is 169 Å². The monoisotopic (exact) mass is 1120 g/mol. The molecule has 3 rings (SSSR count). The minimum absolute atomic E-state index is 0.0250. The SMILES string of the molecule is CCC(C)C(NC(=O)C1CCCN1C(=O)C(N)CCC(=O)O)C(=O)N1CCCC1C(=O)NC(CCC(=O)O)C(=O)NC(CCC(=O)O)C(=O)NC(Cc1ccc(O)cc1)C(=O)NC(CC(C)C)C(=O)NC(CCC(N)=O)C(=O)O. The van der Waals surface area contributed by atoms with E-state index in [-0.39, 0.29) is 76.1 Å². The van der Waals surface area contributed by atoms with Crippen LogP contribution in [-0.4, -0.2) is 180 Å². The molecule has 10 atom stereocenters. The molecule has 2 aliphatic rings. The van der Waals surface area contributed by atoms with Crippen LogP contribution in [0.25, 0.3) is 0 Å². The normalized spacial score (nSPS) is 18.1. The molecule has 28 nitrogen and oxygen atoms in total. The molecule has 2 saturated heterocycles. The summed E-state index contributed by atoms with van der Waals surface area (Å²) in [5, 5.41) is 62.9. The number of likely N-dealkylation sites (tertiary alicyclic amines) is 2. The van der Waals surface area contributed by atoms with E-state index in [1.807, 2.05) is 0 Å². The Morgan fingerprint density at radius 2 is 1.00 bits per heavy atom. The van der Waals surface area contributed by atoms with Crippen LogP contribution >= 0.6 is 0 Å². The van der Waals surface area contributed by atoms with Gasteiger partial charge >= 0.3 is 23.9 Å². The highest BCUT2D eigenvalue weighted by Crippen LogP contribution is 2.25. The smallest absolute Gasteiger partial charge is 0.326 e. The van der Waals surface area contributed by atoms with Crippen LogP contribution in [0.1, 0.15) is 123 Å². The largest absolute Gasteiger partial charge is 0.508 e. The fraction of sp³-hybridized carbons (Fsp3) is 0.627. The molecule has 10 unspecified atom stereocenters. The predicted molar refractivity (Wildman–Crippen MR) is 276 cm³/mol. The lowest BCUT2D eigenvalue weighted by Crippen LogP contribution is -2.61. The Kier molecular flexibility index (Phi) is 26.1. The summed E-state index contributed by atoms with van der Waals surface area (Å²) >= 11 is 0. The molecule has 0 bridgehead atoms. The molecule has 2 aliphatic heterocycles. The van der Waals surface area contributed by atoms with E-state index in [2.05, 4.69) is 31.9 Å². The van der Waals surface area contributed by atoms with E-state index in [4.69, 9.17) is 16.6 Å². The number of nitrogens with one attached hydrogen (secondary N) is 6. The number of amides is 9. The molecule has 0 radical (unpaired) electrons.